The van der Waals surface area contributed by atoms with Crippen LogP contribution in [0.1, 0.15) is 19.3 Å². The van der Waals surface area contributed by atoms with Gasteiger partial charge in [-0.2, -0.15) is 15.0 Å². The van der Waals surface area contributed by atoms with E-state index in [4.69, 9.17) is 9.47 Å². The number of nitrogens with one attached hydrogen (secondary N) is 1. The molecule has 1 aromatic rings. The van der Waals surface area contributed by atoms with Crippen molar-refractivity contribution >= 4 is 11.9 Å². The van der Waals surface area contributed by atoms with Gasteiger partial charge in [0, 0.05) is 20.1 Å². The van der Waals surface area contributed by atoms with E-state index in [2.05, 4.69) is 25.2 Å². The van der Waals surface area contributed by atoms with Crippen molar-refractivity contribution in [2.24, 2.45) is 0 Å². The Hall–Kier alpha value is -1.63. The molecule has 0 saturated carbocycles. The third-order valence-corrected chi connectivity index (χ3v) is 3.35. The molecule has 0 bridgehead atoms. The van der Waals surface area contributed by atoms with Gasteiger partial charge in [0.15, 0.2) is 0 Å². The molecule has 0 aromatic carbocycles. The van der Waals surface area contributed by atoms with E-state index in [0.717, 1.165) is 13.1 Å². The van der Waals surface area contributed by atoms with Crippen molar-refractivity contribution in [1.29, 1.82) is 0 Å². The Labute approximate surface area is 112 Å². The fourth-order valence-corrected chi connectivity index (χ4v) is 2.18. The van der Waals surface area contributed by atoms with Crippen molar-refractivity contribution in [1.82, 2.24) is 15.0 Å². The molecule has 1 aromatic heterocycles. The van der Waals surface area contributed by atoms with E-state index < -0.39 is 0 Å². The zero-order valence-electron chi connectivity index (χ0n) is 11.1. The van der Waals surface area contributed by atoms with Gasteiger partial charge in [-0.05, 0) is 19.3 Å². The van der Waals surface area contributed by atoms with Gasteiger partial charge in [-0.25, -0.2) is 0 Å². The molecule has 1 N–H and O–H groups in total. The van der Waals surface area contributed by atoms with E-state index in [9.17, 15) is 0 Å². The van der Waals surface area contributed by atoms with Crippen molar-refractivity contribution in [2.75, 3.05) is 43.6 Å². The van der Waals surface area contributed by atoms with Crippen molar-refractivity contribution in [3.05, 3.63) is 0 Å². The van der Waals surface area contributed by atoms with Gasteiger partial charge < -0.3 is 19.7 Å². The number of hydrogen-bond acceptors (Lipinski definition) is 7. The minimum absolute atomic E-state index is 0.0707. The van der Waals surface area contributed by atoms with Crippen LogP contribution >= 0.6 is 0 Å². The molecule has 0 aliphatic carbocycles. The second-order valence-corrected chi connectivity index (χ2v) is 4.82. The summed E-state index contributed by atoms with van der Waals surface area (Å²) in [6.45, 7) is 3.22. The van der Waals surface area contributed by atoms with Crippen LogP contribution in [0.3, 0.4) is 0 Å². The summed E-state index contributed by atoms with van der Waals surface area (Å²) in [7, 11) is 1.80. The Morgan fingerprint density at radius 3 is 2.58 bits per heavy atom. The Bertz CT molecular complexity index is 432. The van der Waals surface area contributed by atoms with Crippen molar-refractivity contribution in [3.8, 4) is 6.01 Å². The molecule has 7 heteroatoms. The third-order valence-electron chi connectivity index (χ3n) is 3.35. The number of rotatable bonds is 4. The van der Waals surface area contributed by atoms with E-state index >= 15 is 0 Å². The van der Waals surface area contributed by atoms with Crippen LogP contribution in [0.5, 0.6) is 6.01 Å². The van der Waals surface area contributed by atoms with Crippen LogP contribution in [0.25, 0.3) is 0 Å². The van der Waals surface area contributed by atoms with Gasteiger partial charge in [-0.15, -0.1) is 0 Å². The fourth-order valence-electron chi connectivity index (χ4n) is 2.18. The molecule has 2 fully saturated rings. The number of aromatic nitrogens is 3. The summed E-state index contributed by atoms with van der Waals surface area (Å²) in [5, 5.41) is 2.96. The summed E-state index contributed by atoms with van der Waals surface area (Å²) < 4.78 is 10.8. The second-order valence-electron chi connectivity index (χ2n) is 4.82. The molecule has 3 heterocycles. The predicted molar refractivity (Wildman–Crippen MR) is 70.7 cm³/mol. The number of nitrogens with zero attached hydrogens (tertiary/aromatic N) is 4. The first-order chi connectivity index (χ1) is 9.35. The van der Waals surface area contributed by atoms with Crippen molar-refractivity contribution < 1.29 is 9.47 Å². The normalized spacial score (nSPS) is 19.9. The maximum atomic E-state index is 5.67. The van der Waals surface area contributed by atoms with Crippen molar-refractivity contribution in [3.63, 3.8) is 0 Å². The van der Waals surface area contributed by atoms with E-state index in [1.54, 1.807) is 7.05 Å². The lowest BCUT2D eigenvalue weighted by Crippen LogP contribution is -2.39. The van der Waals surface area contributed by atoms with Crippen LogP contribution in [0.4, 0.5) is 11.9 Å². The van der Waals surface area contributed by atoms with Crippen LogP contribution < -0.4 is 15.0 Å². The van der Waals surface area contributed by atoms with Crippen LogP contribution in [-0.4, -0.2) is 54.4 Å². The average molecular weight is 265 g/mol. The molecule has 2 aliphatic heterocycles. The van der Waals surface area contributed by atoms with Crippen LogP contribution in [0, 0.1) is 0 Å². The maximum Gasteiger partial charge on any atom is 0.323 e. The molecule has 2 aliphatic rings. The lowest BCUT2D eigenvalue weighted by molar-refractivity contribution is -0.0831. The molecular weight excluding hydrogens is 246 g/mol. The van der Waals surface area contributed by atoms with Crippen LogP contribution in [0.2, 0.25) is 0 Å². The Balaban J connectivity index is 1.78. The fraction of sp³-hybridized carbons (Fsp3) is 0.750. The highest BCUT2D eigenvalue weighted by molar-refractivity contribution is 5.38. The molecule has 7 nitrogen and oxygen atoms in total. The van der Waals surface area contributed by atoms with E-state index in [0.29, 0.717) is 31.1 Å². The van der Waals surface area contributed by atoms with Gasteiger partial charge in [0.1, 0.15) is 6.10 Å². The monoisotopic (exact) mass is 265 g/mol. The van der Waals surface area contributed by atoms with Gasteiger partial charge in [-0.1, -0.05) is 0 Å². The second kappa shape index (κ2) is 5.56. The average Bonchev–Trinajstić information content (AvgIpc) is 2.43. The van der Waals surface area contributed by atoms with Gasteiger partial charge in [0.25, 0.3) is 0 Å². The largest absolute Gasteiger partial charge is 0.455 e. The molecule has 0 spiro atoms. The Kier molecular flexibility index (Phi) is 3.63. The van der Waals surface area contributed by atoms with Gasteiger partial charge in [0.05, 0.1) is 13.2 Å². The summed E-state index contributed by atoms with van der Waals surface area (Å²) in [6.07, 6.45) is 3.73. The molecule has 0 atom stereocenters. The third kappa shape index (κ3) is 2.86. The highest BCUT2D eigenvalue weighted by atomic mass is 16.6. The molecule has 0 radical (unpaired) electrons. The molecule has 3 rings (SSSR count). The highest BCUT2D eigenvalue weighted by Crippen LogP contribution is 2.20. The smallest absolute Gasteiger partial charge is 0.323 e. The quantitative estimate of drug-likeness (QED) is 0.858. The number of hydrogen-bond donors (Lipinski definition) is 1. The van der Waals surface area contributed by atoms with Crippen LogP contribution in [-0.2, 0) is 4.74 Å². The minimum Gasteiger partial charge on any atom is -0.455 e. The summed E-state index contributed by atoms with van der Waals surface area (Å²) in [4.78, 5) is 15.2. The lowest BCUT2D eigenvalue weighted by atomic mass is 10.1. The first-order valence-electron chi connectivity index (χ1n) is 6.78. The van der Waals surface area contributed by atoms with Crippen molar-refractivity contribution in [2.45, 2.75) is 25.4 Å². The predicted octanol–water partition coefficient (Wildman–Crippen LogP) is 0.681. The number of piperidine rings is 1. The number of anilines is 2. The van der Waals surface area contributed by atoms with E-state index in [-0.39, 0.29) is 6.10 Å². The molecule has 0 unspecified atom stereocenters. The summed E-state index contributed by atoms with van der Waals surface area (Å²) in [5.74, 6) is 1.25. The van der Waals surface area contributed by atoms with Gasteiger partial charge in [0.2, 0.25) is 11.9 Å². The lowest BCUT2D eigenvalue weighted by Gasteiger charge is -2.28. The molecule has 19 heavy (non-hydrogen) atoms. The SMILES string of the molecule is CNc1nc(OC2COC2)nc(N2CCCCC2)n1. The first kappa shape index (κ1) is 12.4. The number of ether oxygens (including phenoxy) is 2. The molecular formula is C12H19N5O2. The zero-order valence-corrected chi connectivity index (χ0v) is 11.1. The summed E-state index contributed by atoms with van der Waals surface area (Å²) in [6, 6.07) is 0.383. The zero-order chi connectivity index (χ0) is 13.1. The summed E-state index contributed by atoms with van der Waals surface area (Å²) in [5.41, 5.74) is 0. The summed E-state index contributed by atoms with van der Waals surface area (Å²) >= 11 is 0. The molecule has 0 amide bonds. The van der Waals surface area contributed by atoms with E-state index in [1.165, 1.54) is 19.3 Å². The highest BCUT2D eigenvalue weighted by Gasteiger charge is 2.23. The maximum absolute atomic E-state index is 5.67. The topological polar surface area (TPSA) is 72.4 Å². The van der Waals surface area contributed by atoms with Gasteiger partial charge in [-0.3, -0.25) is 0 Å². The van der Waals surface area contributed by atoms with E-state index in [1.807, 2.05) is 0 Å². The van der Waals surface area contributed by atoms with Crippen LogP contribution in [0.15, 0.2) is 0 Å². The standard InChI is InChI=1S/C12H19N5O2/c1-13-10-14-11(17-5-3-2-4-6-17)16-12(15-10)19-9-7-18-8-9/h9H,2-8H2,1H3,(H,13,14,15,16). The first-order valence-corrected chi connectivity index (χ1v) is 6.78. The Morgan fingerprint density at radius 2 is 1.95 bits per heavy atom. The van der Waals surface area contributed by atoms with Gasteiger partial charge >= 0.3 is 6.01 Å². The molecule has 2 saturated heterocycles. The molecule has 104 valence electrons. The Morgan fingerprint density at radius 1 is 1.16 bits per heavy atom. The minimum atomic E-state index is 0.0707.